The van der Waals surface area contributed by atoms with Gasteiger partial charge in [-0.25, -0.2) is 0 Å². The van der Waals surface area contributed by atoms with Gasteiger partial charge in [-0.15, -0.1) is 0 Å². The second kappa shape index (κ2) is 47.0. The van der Waals surface area contributed by atoms with Gasteiger partial charge >= 0.3 is 0 Å². The Kier molecular flexibility index (Phi) is 93.3. The molecule has 0 amide bonds. The van der Waals surface area contributed by atoms with Crippen molar-refractivity contribution in [2.45, 2.75) is 40.5 Å². The first-order valence-corrected chi connectivity index (χ1v) is 5.36. The molecule has 0 aliphatic rings. The van der Waals surface area contributed by atoms with Crippen molar-refractivity contribution in [2.24, 2.45) is 0 Å². The summed E-state index contributed by atoms with van der Waals surface area (Å²) in [6, 6.07) is 0. The summed E-state index contributed by atoms with van der Waals surface area (Å²) in [4.78, 5) is 1.97. The fraction of sp³-hybridized carbons (Fsp3) is 1.00. The Morgan fingerprint density at radius 3 is 0.750 bits per heavy atom. The first kappa shape index (κ1) is 15.9. The lowest BCUT2D eigenvalue weighted by Crippen LogP contribution is -1.27. The molecule has 0 saturated heterocycles. The van der Waals surface area contributed by atoms with Crippen molar-refractivity contribution in [3.8, 4) is 0 Å². The fourth-order valence-electron chi connectivity index (χ4n) is 0. The predicted molar refractivity (Wildman–Crippen MR) is 51.9 cm³/mol. The van der Waals surface area contributed by atoms with E-state index in [1.54, 1.807) is 0 Å². The van der Waals surface area contributed by atoms with Gasteiger partial charge < -0.3 is 0 Å². The summed E-state index contributed by atoms with van der Waals surface area (Å²) in [5.41, 5.74) is 0. The number of hydrogen-bond donors (Lipinski definition) is 0. The van der Waals surface area contributed by atoms with Crippen LogP contribution < -0.4 is 0 Å². The molecule has 54 valence electrons. The van der Waals surface area contributed by atoms with Gasteiger partial charge in [-0.3, -0.25) is 0 Å². The van der Waals surface area contributed by atoms with Crippen LogP contribution in [0.3, 0.4) is 0 Å². The van der Waals surface area contributed by atoms with Crippen LogP contribution in [0.15, 0.2) is 0 Å². The highest BCUT2D eigenvalue weighted by molar-refractivity contribution is 14.1. The van der Waals surface area contributed by atoms with E-state index in [-0.39, 0.29) is 0 Å². The van der Waals surface area contributed by atoms with Crippen LogP contribution in [0.25, 0.3) is 0 Å². The van der Waals surface area contributed by atoms with E-state index < -0.39 is 0 Å². The second-order valence-corrected chi connectivity index (χ2v) is 1.41. The van der Waals surface area contributed by atoms with E-state index in [1.807, 2.05) is 4.93 Å². The molecule has 0 bridgehead atoms. The molecule has 0 nitrogen and oxygen atoms in total. The molecule has 0 aromatic rings. The molecule has 0 N–H and O–H groups in total. The monoisotopic (exact) mass is 230 g/mol. The van der Waals surface area contributed by atoms with Crippen LogP contribution in [0.2, 0.25) is 0 Å². The molecule has 0 unspecified atom stereocenters. The third kappa shape index (κ3) is 415. The lowest BCUT2D eigenvalue weighted by molar-refractivity contribution is 1.09. The zero-order valence-corrected chi connectivity index (χ0v) is 8.95. The van der Waals surface area contributed by atoms with Gasteiger partial charge in [0, 0.05) is 0 Å². The molecule has 0 aromatic heterocycles. The Bertz CT molecular complexity index is 6.35. The summed E-state index contributed by atoms with van der Waals surface area (Å²) in [6.45, 7) is 8.50. The normalized spacial score (nSPS) is 5.25. The van der Waals surface area contributed by atoms with Crippen molar-refractivity contribution in [3.05, 3.63) is 0 Å². The lowest BCUT2D eigenvalue weighted by Gasteiger charge is -1.48. The Morgan fingerprint density at radius 1 is 0.750 bits per heavy atom. The van der Waals surface area contributed by atoms with Crippen molar-refractivity contribution in [2.75, 3.05) is 4.93 Å². The summed E-state index contributed by atoms with van der Waals surface area (Å²) in [6.07, 6.45) is 2.50. The maximum atomic E-state index is 2.15. The van der Waals surface area contributed by atoms with Crippen LogP contribution in [-0.2, 0) is 0 Å². The van der Waals surface area contributed by atoms with E-state index >= 15 is 0 Å². The molecule has 0 aliphatic heterocycles. The topological polar surface area (TPSA) is 0 Å². The van der Waals surface area contributed by atoms with Gasteiger partial charge in [0.15, 0.2) is 0 Å². The largest absolute Gasteiger partial charge is 0.0901 e. The van der Waals surface area contributed by atoms with Crippen molar-refractivity contribution in [1.82, 2.24) is 0 Å². The summed E-state index contributed by atoms with van der Waals surface area (Å²) < 4.78 is 0. The highest BCUT2D eigenvalue weighted by Gasteiger charge is 1.36. The molecule has 0 aliphatic carbocycles. The molecule has 0 heterocycles. The van der Waals surface area contributed by atoms with E-state index in [2.05, 4.69) is 50.3 Å². The van der Waals surface area contributed by atoms with E-state index in [0.717, 1.165) is 0 Å². The molecule has 0 atom stereocenters. The first-order valence-electron chi connectivity index (χ1n) is 3.21. The summed E-state index contributed by atoms with van der Waals surface area (Å²) in [5.74, 6) is 0. The Hall–Kier alpha value is 0.730. The smallest absolute Gasteiger partial charge is 0.0121 e. The molecule has 1 heteroatoms. The van der Waals surface area contributed by atoms with Crippen LogP contribution in [-0.4, -0.2) is 4.93 Å². The molecule has 0 fully saturated rings. The summed E-state index contributed by atoms with van der Waals surface area (Å²) in [7, 11) is 0. The third-order valence-corrected chi connectivity index (χ3v) is 0. The number of halogens is 1. The Morgan fingerprint density at radius 2 is 0.750 bits per heavy atom. The molecule has 0 aromatic carbocycles. The van der Waals surface area contributed by atoms with Crippen LogP contribution >= 0.6 is 22.6 Å². The van der Waals surface area contributed by atoms with Crippen molar-refractivity contribution in [1.29, 1.82) is 0 Å². The Balaban J connectivity index is -0.0000000483. The van der Waals surface area contributed by atoms with Gasteiger partial charge in [0.25, 0.3) is 0 Å². The van der Waals surface area contributed by atoms with E-state index in [0.29, 0.717) is 0 Å². The lowest BCUT2D eigenvalue weighted by atomic mass is 10.6. The first-order chi connectivity index (χ1) is 3.83. The van der Waals surface area contributed by atoms with Gasteiger partial charge in [-0.1, -0.05) is 63.1 Å². The zero-order chi connectivity index (χ0) is 7.41. The van der Waals surface area contributed by atoms with Crippen molar-refractivity contribution >= 4 is 22.6 Å². The van der Waals surface area contributed by atoms with Crippen LogP contribution in [0, 0.1) is 0 Å². The minimum Gasteiger partial charge on any atom is -0.0901 e. The molecule has 0 spiro atoms. The van der Waals surface area contributed by atoms with Gasteiger partial charge in [0.1, 0.15) is 0 Å². The van der Waals surface area contributed by atoms with Crippen LogP contribution in [0.5, 0.6) is 0 Å². The minimum atomic E-state index is 1.25. The van der Waals surface area contributed by atoms with Crippen molar-refractivity contribution in [3.63, 3.8) is 0 Å². The standard InChI is InChI=1S/2C3H8.CH3I/c2*1-3-2;1-2/h2*3H2,1-2H3;1H3. The van der Waals surface area contributed by atoms with Gasteiger partial charge in [-0.2, -0.15) is 0 Å². The van der Waals surface area contributed by atoms with Gasteiger partial charge in [-0.05, 0) is 4.93 Å². The maximum absolute atomic E-state index is 2.15. The Labute approximate surface area is 68.2 Å². The zero-order valence-electron chi connectivity index (χ0n) is 6.79. The SMILES string of the molecule is CCC.CCC.CI. The predicted octanol–water partition coefficient (Wildman–Crippen LogP) is 3.88. The highest BCUT2D eigenvalue weighted by Crippen LogP contribution is 1.56. The van der Waals surface area contributed by atoms with Gasteiger partial charge in [0.2, 0.25) is 0 Å². The fourth-order valence-corrected chi connectivity index (χ4v) is 0. The average Bonchev–Trinajstić information content (AvgIpc) is 1.75. The van der Waals surface area contributed by atoms with Crippen LogP contribution in [0.1, 0.15) is 40.5 Å². The highest BCUT2D eigenvalue weighted by atomic mass is 127. The molecule has 0 saturated carbocycles. The molecular formula is C7H19I. The molecule has 8 heavy (non-hydrogen) atoms. The third-order valence-electron chi connectivity index (χ3n) is 0. The van der Waals surface area contributed by atoms with Gasteiger partial charge in [0.05, 0.1) is 0 Å². The second-order valence-electron chi connectivity index (χ2n) is 1.41. The minimum absolute atomic E-state index is 1.25. The van der Waals surface area contributed by atoms with E-state index in [9.17, 15) is 0 Å². The number of alkyl halides is 1. The van der Waals surface area contributed by atoms with E-state index in [1.165, 1.54) is 12.8 Å². The van der Waals surface area contributed by atoms with Crippen LogP contribution in [0.4, 0.5) is 0 Å². The number of hydrogen-bond acceptors (Lipinski definition) is 0. The van der Waals surface area contributed by atoms with Crippen molar-refractivity contribution < 1.29 is 0 Å². The molecule has 0 rings (SSSR count). The number of rotatable bonds is 0. The average molecular weight is 230 g/mol. The summed E-state index contributed by atoms with van der Waals surface area (Å²) in [5, 5.41) is 0. The maximum Gasteiger partial charge on any atom is -0.0121 e. The molecular weight excluding hydrogens is 211 g/mol. The van der Waals surface area contributed by atoms with E-state index in [4.69, 9.17) is 0 Å². The molecule has 0 radical (unpaired) electrons. The summed E-state index contributed by atoms with van der Waals surface area (Å²) >= 11 is 2.15. The quantitative estimate of drug-likeness (QED) is 0.437.